The average molecular weight is 358 g/mol. The van der Waals surface area contributed by atoms with Gasteiger partial charge in [0.05, 0.1) is 11.2 Å². The van der Waals surface area contributed by atoms with Crippen molar-refractivity contribution in [3.8, 4) is 0 Å². The van der Waals surface area contributed by atoms with Gasteiger partial charge in [-0.15, -0.1) is 0 Å². The molecule has 26 heavy (non-hydrogen) atoms. The van der Waals surface area contributed by atoms with Crippen molar-refractivity contribution in [3.05, 3.63) is 41.5 Å². The van der Waals surface area contributed by atoms with Gasteiger partial charge in [0.25, 0.3) is 5.91 Å². The van der Waals surface area contributed by atoms with Crippen molar-refractivity contribution < 1.29 is 14.0 Å². The third-order valence-corrected chi connectivity index (χ3v) is 4.33. The molecular weight excluding hydrogens is 335 g/mol. The van der Waals surface area contributed by atoms with Gasteiger partial charge in [-0.2, -0.15) is 5.10 Å². The fraction of sp³-hybridized carbons (Fsp3) is 0.421. The molecule has 1 aliphatic rings. The van der Waals surface area contributed by atoms with Crippen molar-refractivity contribution >= 4 is 23.2 Å². The standard InChI is InChI=1S/C19H23FN4O2/c1-12-10-15(22-24(12)19(2,3)4)18(26)21-13-7-8-16(14(20)11-13)23-9-5-6-17(23)25/h7-8,10-11H,5-6,9H2,1-4H3,(H,21,26). The van der Waals surface area contributed by atoms with Crippen LogP contribution in [0.4, 0.5) is 15.8 Å². The van der Waals surface area contributed by atoms with Crippen LogP contribution in [-0.4, -0.2) is 28.1 Å². The highest BCUT2D eigenvalue weighted by molar-refractivity contribution is 6.03. The van der Waals surface area contributed by atoms with Gasteiger partial charge in [-0.05, 0) is 58.4 Å². The Morgan fingerprint density at radius 3 is 2.54 bits per heavy atom. The highest BCUT2D eigenvalue weighted by Gasteiger charge is 2.25. The van der Waals surface area contributed by atoms with E-state index in [0.29, 0.717) is 18.7 Å². The Labute approximate surface area is 152 Å². The van der Waals surface area contributed by atoms with Crippen LogP contribution >= 0.6 is 0 Å². The molecule has 2 amide bonds. The highest BCUT2D eigenvalue weighted by Crippen LogP contribution is 2.27. The van der Waals surface area contributed by atoms with Gasteiger partial charge >= 0.3 is 0 Å². The fourth-order valence-corrected chi connectivity index (χ4v) is 3.17. The molecule has 7 heteroatoms. The second-order valence-corrected chi connectivity index (χ2v) is 7.52. The topological polar surface area (TPSA) is 67.2 Å². The van der Waals surface area contributed by atoms with Crippen LogP contribution in [0.15, 0.2) is 24.3 Å². The Kier molecular flexibility index (Phi) is 4.56. The molecule has 1 aromatic heterocycles. The number of nitrogens with one attached hydrogen (secondary N) is 1. The lowest BCUT2D eigenvalue weighted by molar-refractivity contribution is -0.117. The first-order chi connectivity index (χ1) is 12.2. The molecule has 1 aliphatic heterocycles. The zero-order chi connectivity index (χ0) is 19.1. The van der Waals surface area contributed by atoms with Crippen LogP contribution < -0.4 is 10.2 Å². The summed E-state index contributed by atoms with van der Waals surface area (Å²) in [6.07, 6.45) is 1.17. The zero-order valence-electron chi connectivity index (χ0n) is 15.5. The molecule has 1 aromatic carbocycles. The van der Waals surface area contributed by atoms with Crippen molar-refractivity contribution in [2.75, 3.05) is 16.8 Å². The number of aryl methyl sites for hydroxylation is 1. The molecule has 1 fully saturated rings. The van der Waals surface area contributed by atoms with Crippen LogP contribution in [0.25, 0.3) is 0 Å². The first-order valence-corrected chi connectivity index (χ1v) is 8.65. The van der Waals surface area contributed by atoms with Crippen LogP contribution in [0, 0.1) is 12.7 Å². The van der Waals surface area contributed by atoms with Crippen LogP contribution in [0.3, 0.4) is 0 Å². The zero-order valence-corrected chi connectivity index (χ0v) is 15.5. The van der Waals surface area contributed by atoms with Gasteiger partial charge in [0, 0.05) is 24.3 Å². The van der Waals surface area contributed by atoms with E-state index in [1.807, 2.05) is 27.7 Å². The molecular formula is C19H23FN4O2. The predicted octanol–water partition coefficient (Wildman–Crippen LogP) is 3.46. The molecule has 2 heterocycles. The Balaban J connectivity index is 1.78. The molecule has 0 unspecified atom stereocenters. The third kappa shape index (κ3) is 3.47. The first kappa shape index (κ1) is 18.1. The number of aromatic nitrogens is 2. The monoisotopic (exact) mass is 358 g/mol. The highest BCUT2D eigenvalue weighted by atomic mass is 19.1. The quantitative estimate of drug-likeness (QED) is 0.914. The van der Waals surface area contributed by atoms with Gasteiger partial charge < -0.3 is 10.2 Å². The summed E-state index contributed by atoms with van der Waals surface area (Å²) in [5.74, 6) is -1.01. The minimum atomic E-state index is -0.533. The first-order valence-electron chi connectivity index (χ1n) is 8.65. The summed E-state index contributed by atoms with van der Waals surface area (Å²) in [4.78, 5) is 25.6. The lowest BCUT2D eigenvalue weighted by Crippen LogP contribution is -2.25. The average Bonchev–Trinajstić information content (AvgIpc) is 3.13. The molecule has 0 saturated carbocycles. The summed E-state index contributed by atoms with van der Waals surface area (Å²) in [7, 11) is 0. The number of anilines is 2. The van der Waals surface area contributed by atoms with Gasteiger partial charge in [-0.3, -0.25) is 14.3 Å². The Hall–Kier alpha value is -2.70. The van der Waals surface area contributed by atoms with E-state index in [1.165, 1.54) is 17.0 Å². The number of rotatable bonds is 3. The molecule has 0 radical (unpaired) electrons. The van der Waals surface area contributed by atoms with E-state index in [0.717, 1.165) is 12.1 Å². The van der Waals surface area contributed by atoms with Gasteiger partial charge in [0.2, 0.25) is 5.91 Å². The summed E-state index contributed by atoms with van der Waals surface area (Å²) in [5, 5.41) is 7.01. The van der Waals surface area contributed by atoms with E-state index in [2.05, 4.69) is 10.4 Å². The summed E-state index contributed by atoms with van der Waals surface area (Å²) < 4.78 is 16.2. The Morgan fingerprint density at radius 1 is 1.27 bits per heavy atom. The second kappa shape index (κ2) is 6.55. The summed E-state index contributed by atoms with van der Waals surface area (Å²) >= 11 is 0. The number of hydrogen-bond donors (Lipinski definition) is 1. The molecule has 0 spiro atoms. The predicted molar refractivity (Wildman–Crippen MR) is 97.9 cm³/mol. The van der Waals surface area contributed by atoms with E-state index >= 15 is 0 Å². The summed E-state index contributed by atoms with van der Waals surface area (Å²) in [6.45, 7) is 8.41. The normalized spacial score (nSPS) is 14.8. The molecule has 0 aliphatic carbocycles. The Morgan fingerprint density at radius 2 is 2.00 bits per heavy atom. The van der Waals surface area contributed by atoms with E-state index in [4.69, 9.17) is 0 Å². The smallest absolute Gasteiger partial charge is 0.276 e. The maximum atomic E-state index is 14.4. The van der Waals surface area contributed by atoms with Crippen molar-refractivity contribution in [1.82, 2.24) is 9.78 Å². The second-order valence-electron chi connectivity index (χ2n) is 7.52. The van der Waals surface area contributed by atoms with Crippen LogP contribution in [0.1, 0.15) is 49.8 Å². The van der Waals surface area contributed by atoms with Crippen LogP contribution in [0.2, 0.25) is 0 Å². The van der Waals surface area contributed by atoms with Gasteiger partial charge in [0.1, 0.15) is 5.82 Å². The van der Waals surface area contributed by atoms with Gasteiger partial charge in [0.15, 0.2) is 5.69 Å². The summed E-state index contributed by atoms with van der Waals surface area (Å²) in [5.41, 5.74) is 1.48. The molecule has 138 valence electrons. The van der Waals surface area contributed by atoms with Gasteiger partial charge in [-0.1, -0.05) is 0 Å². The van der Waals surface area contributed by atoms with Crippen molar-refractivity contribution in [2.45, 2.75) is 46.1 Å². The number of hydrogen-bond acceptors (Lipinski definition) is 3. The number of halogens is 1. The largest absolute Gasteiger partial charge is 0.320 e. The Bertz CT molecular complexity index is 867. The molecule has 0 atom stereocenters. The summed E-state index contributed by atoms with van der Waals surface area (Å²) in [6, 6.07) is 6.04. The maximum Gasteiger partial charge on any atom is 0.276 e. The number of benzene rings is 1. The molecule has 1 N–H and O–H groups in total. The number of amides is 2. The minimum Gasteiger partial charge on any atom is -0.320 e. The van der Waals surface area contributed by atoms with E-state index in [9.17, 15) is 14.0 Å². The fourth-order valence-electron chi connectivity index (χ4n) is 3.17. The van der Waals surface area contributed by atoms with E-state index in [-0.39, 0.29) is 22.8 Å². The molecule has 3 rings (SSSR count). The minimum absolute atomic E-state index is 0.0797. The number of nitrogens with zero attached hydrogens (tertiary/aromatic N) is 3. The van der Waals surface area contributed by atoms with E-state index < -0.39 is 11.7 Å². The molecule has 1 saturated heterocycles. The number of carbonyl (C=O) groups is 2. The molecule has 2 aromatic rings. The van der Waals surface area contributed by atoms with Crippen LogP contribution in [0.5, 0.6) is 0 Å². The van der Waals surface area contributed by atoms with Gasteiger partial charge in [-0.25, -0.2) is 4.39 Å². The van der Waals surface area contributed by atoms with Crippen LogP contribution in [-0.2, 0) is 10.3 Å². The van der Waals surface area contributed by atoms with Crippen molar-refractivity contribution in [2.24, 2.45) is 0 Å². The third-order valence-electron chi connectivity index (χ3n) is 4.33. The van der Waals surface area contributed by atoms with Crippen molar-refractivity contribution in [1.29, 1.82) is 0 Å². The molecule has 6 nitrogen and oxygen atoms in total. The lowest BCUT2D eigenvalue weighted by Gasteiger charge is -2.21. The van der Waals surface area contributed by atoms with E-state index in [1.54, 1.807) is 16.8 Å². The van der Waals surface area contributed by atoms with Crippen molar-refractivity contribution in [3.63, 3.8) is 0 Å². The SMILES string of the molecule is Cc1cc(C(=O)Nc2ccc(N3CCCC3=O)c(F)c2)nn1C(C)(C)C. The lowest BCUT2D eigenvalue weighted by atomic mass is 10.1. The molecule has 0 bridgehead atoms. The maximum absolute atomic E-state index is 14.4. The number of carbonyl (C=O) groups excluding carboxylic acids is 2.